The predicted molar refractivity (Wildman–Crippen MR) is 128 cm³/mol. The highest BCUT2D eigenvalue weighted by molar-refractivity contribution is 9.10. The molecule has 13 heteroatoms. The van der Waals surface area contributed by atoms with Crippen LogP contribution in [0.2, 0.25) is 10.0 Å². The Morgan fingerprint density at radius 3 is 2.68 bits per heavy atom. The minimum Gasteiger partial charge on any atom is -0.338 e. The fourth-order valence-electron chi connectivity index (χ4n) is 3.35. The van der Waals surface area contributed by atoms with Gasteiger partial charge in [0.2, 0.25) is 0 Å². The number of amides is 3. The van der Waals surface area contributed by atoms with E-state index < -0.39 is 23.8 Å². The standard InChI is InChI=1S/C21H17BrCl2N6O4/c1-10-6-11(23)7-12(19(31)26-14-9-34-29(2)21(14)33)17(10)27-20(32)15-8-16(22)28-30(15)18-13(24)4-3-5-25-18/h3-8,14H,9H2,1-2H3,(H,26,31)(H,27,32). The molecule has 176 valence electrons. The van der Waals surface area contributed by atoms with Gasteiger partial charge in [-0.2, -0.15) is 5.10 Å². The minimum atomic E-state index is -0.857. The monoisotopic (exact) mass is 566 g/mol. The van der Waals surface area contributed by atoms with Gasteiger partial charge in [-0.05, 0) is 52.7 Å². The second-order valence-electron chi connectivity index (χ2n) is 7.33. The Labute approximate surface area is 212 Å². The number of aromatic nitrogens is 3. The van der Waals surface area contributed by atoms with Crippen LogP contribution in [0.1, 0.15) is 26.4 Å². The summed E-state index contributed by atoms with van der Waals surface area (Å²) in [6.45, 7) is 1.69. The lowest BCUT2D eigenvalue weighted by Gasteiger charge is -2.16. The van der Waals surface area contributed by atoms with Gasteiger partial charge >= 0.3 is 0 Å². The van der Waals surface area contributed by atoms with Gasteiger partial charge in [-0.25, -0.2) is 14.7 Å². The summed E-state index contributed by atoms with van der Waals surface area (Å²) in [5.74, 6) is -1.30. The largest absolute Gasteiger partial charge is 0.338 e. The van der Waals surface area contributed by atoms with E-state index in [2.05, 4.69) is 36.6 Å². The summed E-state index contributed by atoms with van der Waals surface area (Å²) in [6.07, 6.45) is 1.52. The first kappa shape index (κ1) is 24.1. The maximum atomic E-state index is 13.3. The van der Waals surface area contributed by atoms with Gasteiger partial charge in [0, 0.05) is 24.3 Å². The van der Waals surface area contributed by atoms with Gasteiger partial charge in [0.25, 0.3) is 17.7 Å². The third-order valence-corrected chi connectivity index (χ3v) is 5.88. The molecular weight excluding hydrogens is 551 g/mol. The average Bonchev–Trinajstić information content (AvgIpc) is 3.32. The predicted octanol–water partition coefficient (Wildman–Crippen LogP) is 3.40. The number of hydrogen-bond acceptors (Lipinski definition) is 6. The van der Waals surface area contributed by atoms with E-state index >= 15 is 0 Å². The van der Waals surface area contributed by atoms with Crippen molar-refractivity contribution in [2.45, 2.75) is 13.0 Å². The van der Waals surface area contributed by atoms with Crippen LogP contribution in [0.25, 0.3) is 5.82 Å². The molecule has 10 nitrogen and oxygen atoms in total. The van der Waals surface area contributed by atoms with Crippen molar-refractivity contribution in [1.29, 1.82) is 0 Å². The second-order valence-corrected chi connectivity index (χ2v) is 8.99. The lowest BCUT2D eigenvalue weighted by molar-refractivity contribution is -0.154. The van der Waals surface area contributed by atoms with Gasteiger partial charge < -0.3 is 10.6 Å². The number of benzene rings is 1. The summed E-state index contributed by atoms with van der Waals surface area (Å²) in [5.41, 5.74) is 0.969. The zero-order chi connectivity index (χ0) is 24.6. The van der Waals surface area contributed by atoms with Crippen LogP contribution >= 0.6 is 39.1 Å². The highest BCUT2D eigenvalue weighted by Crippen LogP contribution is 2.28. The lowest BCUT2D eigenvalue weighted by Crippen LogP contribution is -2.42. The van der Waals surface area contributed by atoms with Crippen LogP contribution in [-0.2, 0) is 9.63 Å². The maximum absolute atomic E-state index is 13.3. The Kier molecular flexibility index (Phi) is 6.89. The number of halogens is 3. The van der Waals surface area contributed by atoms with Crippen LogP contribution in [0.5, 0.6) is 0 Å². The fraction of sp³-hybridized carbons (Fsp3) is 0.190. The van der Waals surface area contributed by atoms with E-state index in [9.17, 15) is 14.4 Å². The molecular formula is C21H17BrCl2N6O4. The highest BCUT2D eigenvalue weighted by Gasteiger charge is 2.33. The first-order valence-corrected chi connectivity index (χ1v) is 11.4. The molecule has 1 unspecified atom stereocenters. The topological polar surface area (TPSA) is 118 Å². The van der Waals surface area contributed by atoms with Crippen molar-refractivity contribution in [1.82, 2.24) is 25.1 Å². The van der Waals surface area contributed by atoms with E-state index in [1.54, 1.807) is 25.1 Å². The Bertz CT molecular complexity index is 1310. The summed E-state index contributed by atoms with van der Waals surface area (Å²) in [7, 11) is 1.46. The number of anilines is 1. The summed E-state index contributed by atoms with van der Waals surface area (Å²) in [4.78, 5) is 47.7. The van der Waals surface area contributed by atoms with E-state index in [0.717, 1.165) is 5.06 Å². The number of carbonyl (C=O) groups excluding carboxylic acids is 3. The molecule has 0 radical (unpaired) electrons. The van der Waals surface area contributed by atoms with Gasteiger partial charge in [-0.3, -0.25) is 19.2 Å². The van der Waals surface area contributed by atoms with Crippen molar-refractivity contribution in [3.63, 3.8) is 0 Å². The molecule has 1 fully saturated rings. The number of likely N-dealkylation sites (N-methyl/N-ethyl adjacent to an activating group) is 1. The van der Waals surface area contributed by atoms with E-state index in [1.807, 2.05) is 0 Å². The molecule has 2 N–H and O–H groups in total. The van der Waals surface area contributed by atoms with Crippen molar-refractivity contribution in [2.75, 3.05) is 19.0 Å². The van der Waals surface area contributed by atoms with Crippen molar-refractivity contribution >= 4 is 62.5 Å². The van der Waals surface area contributed by atoms with Crippen molar-refractivity contribution < 1.29 is 19.2 Å². The fourth-order valence-corrected chi connectivity index (χ4v) is 4.20. The van der Waals surface area contributed by atoms with Crippen LogP contribution in [0, 0.1) is 6.92 Å². The molecule has 2 aromatic heterocycles. The zero-order valence-corrected chi connectivity index (χ0v) is 20.9. The lowest BCUT2D eigenvalue weighted by atomic mass is 10.1. The van der Waals surface area contributed by atoms with E-state index in [4.69, 9.17) is 28.0 Å². The smallest absolute Gasteiger partial charge is 0.274 e. The quantitative estimate of drug-likeness (QED) is 0.488. The van der Waals surface area contributed by atoms with Crippen molar-refractivity contribution in [3.8, 4) is 5.82 Å². The first-order chi connectivity index (χ1) is 16.2. The number of rotatable bonds is 5. The molecule has 3 aromatic rings. The van der Waals surface area contributed by atoms with Gasteiger partial charge in [-0.15, -0.1) is 0 Å². The third kappa shape index (κ3) is 4.78. The molecule has 34 heavy (non-hydrogen) atoms. The van der Waals surface area contributed by atoms with Gasteiger partial charge in [-0.1, -0.05) is 23.2 Å². The SMILES string of the molecule is Cc1cc(Cl)cc(C(=O)NC2CON(C)C2=O)c1NC(=O)c1cc(Br)nn1-c1ncccc1Cl. The van der Waals surface area contributed by atoms with E-state index in [-0.39, 0.29) is 29.4 Å². The Morgan fingerprint density at radius 1 is 1.24 bits per heavy atom. The van der Waals surface area contributed by atoms with Crippen LogP contribution in [0.15, 0.2) is 41.1 Å². The Hall–Kier alpha value is -2.99. The van der Waals surface area contributed by atoms with Crippen molar-refractivity contribution in [2.24, 2.45) is 0 Å². The zero-order valence-electron chi connectivity index (χ0n) is 17.8. The highest BCUT2D eigenvalue weighted by atomic mass is 79.9. The van der Waals surface area contributed by atoms with Crippen molar-refractivity contribution in [3.05, 3.63) is 68.0 Å². The summed E-state index contributed by atoms with van der Waals surface area (Å²) < 4.78 is 1.67. The molecule has 1 atom stereocenters. The number of hydrogen-bond donors (Lipinski definition) is 2. The summed E-state index contributed by atoms with van der Waals surface area (Å²) >= 11 is 15.7. The number of hydroxylamine groups is 2. The van der Waals surface area contributed by atoms with E-state index in [1.165, 1.54) is 30.1 Å². The van der Waals surface area contributed by atoms with Gasteiger partial charge in [0.1, 0.15) is 22.9 Å². The molecule has 1 aliphatic heterocycles. The molecule has 1 saturated heterocycles. The van der Waals surface area contributed by atoms with Crippen LogP contribution in [0.4, 0.5) is 5.69 Å². The molecule has 0 aliphatic carbocycles. The first-order valence-electron chi connectivity index (χ1n) is 9.85. The normalized spacial score (nSPS) is 15.5. The number of aryl methyl sites for hydroxylation is 1. The average molecular weight is 568 g/mol. The summed E-state index contributed by atoms with van der Waals surface area (Å²) in [5, 5.41) is 11.3. The van der Waals surface area contributed by atoms with Crippen LogP contribution in [0.3, 0.4) is 0 Å². The molecule has 3 heterocycles. The number of nitrogens with one attached hydrogen (secondary N) is 2. The molecule has 0 bridgehead atoms. The summed E-state index contributed by atoms with van der Waals surface area (Å²) in [6, 6.07) is 6.93. The molecule has 0 spiro atoms. The molecule has 3 amide bonds. The number of carbonyl (C=O) groups is 3. The van der Waals surface area contributed by atoms with Crippen LogP contribution < -0.4 is 10.6 Å². The minimum absolute atomic E-state index is 0.000357. The molecule has 1 aliphatic rings. The van der Waals surface area contributed by atoms with Gasteiger partial charge in [0.15, 0.2) is 5.82 Å². The molecule has 4 rings (SSSR count). The Morgan fingerprint density at radius 2 is 2.00 bits per heavy atom. The maximum Gasteiger partial charge on any atom is 0.274 e. The van der Waals surface area contributed by atoms with Crippen LogP contribution in [-0.4, -0.2) is 57.2 Å². The second kappa shape index (κ2) is 9.71. The molecule has 1 aromatic carbocycles. The van der Waals surface area contributed by atoms with Gasteiger partial charge in [0.05, 0.1) is 16.3 Å². The Balaban J connectivity index is 1.67. The number of pyridine rings is 1. The third-order valence-electron chi connectivity index (χ3n) is 4.98. The van der Waals surface area contributed by atoms with E-state index in [0.29, 0.717) is 20.2 Å². The number of nitrogens with zero attached hydrogens (tertiary/aromatic N) is 4. The molecule has 0 saturated carbocycles.